The molecule has 1 saturated carbocycles. The zero-order valence-corrected chi connectivity index (χ0v) is 12.8. The second-order valence-corrected chi connectivity index (χ2v) is 7.12. The average molecular weight is 279 g/mol. The first-order valence-corrected chi connectivity index (χ1v) is 8.43. The predicted octanol–water partition coefficient (Wildman–Crippen LogP) is 1.45. The van der Waals surface area contributed by atoms with Gasteiger partial charge in [0.15, 0.2) is 0 Å². The van der Waals surface area contributed by atoms with Crippen LogP contribution in [0.2, 0.25) is 0 Å². The Morgan fingerprint density at radius 3 is 2.75 bits per heavy atom. The average Bonchev–Trinajstić information content (AvgIpc) is 2.49. The molecule has 3 aliphatic rings. The van der Waals surface area contributed by atoms with E-state index in [4.69, 9.17) is 5.73 Å². The van der Waals surface area contributed by atoms with Crippen LogP contribution in [0, 0.1) is 11.8 Å². The monoisotopic (exact) mass is 279 g/mol. The van der Waals surface area contributed by atoms with Crippen molar-refractivity contribution >= 4 is 5.91 Å². The summed E-state index contributed by atoms with van der Waals surface area (Å²) in [6.07, 6.45) is 6.98. The summed E-state index contributed by atoms with van der Waals surface area (Å²) < 4.78 is 0. The van der Waals surface area contributed by atoms with Crippen LogP contribution in [0.4, 0.5) is 0 Å². The molecular weight excluding hydrogens is 250 g/mol. The summed E-state index contributed by atoms with van der Waals surface area (Å²) in [4.78, 5) is 17.5. The molecular formula is C16H29N3O. The smallest absolute Gasteiger partial charge is 0.225 e. The molecule has 1 amide bonds. The number of amides is 1. The number of piperazine rings is 1. The van der Waals surface area contributed by atoms with Crippen LogP contribution in [0.3, 0.4) is 0 Å². The van der Waals surface area contributed by atoms with E-state index in [9.17, 15) is 4.79 Å². The zero-order valence-electron chi connectivity index (χ0n) is 12.8. The van der Waals surface area contributed by atoms with Gasteiger partial charge in [-0.15, -0.1) is 0 Å². The Labute approximate surface area is 122 Å². The van der Waals surface area contributed by atoms with Gasteiger partial charge in [0.1, 0.15) is 0 Å². The number of nitrogens with two attached hydrogens (primary N) is 1. The van der Waals surface area contributed by atoms with E-state index in [2.05, 4.69) is 16.7 Å². The molecule has 0 aromatic rings. The Kier molecular flexibility index (Phi) is 4.32. The number of carbonyl (C=O) groups is 1. The minimum atomic E-state index is 0.191. The van der Waals surface area contributed by atoms with Crippen LogP contribution >= 0.6 is 0 Å². The van der Waals surface area contributed by atoms with Gasteiger partial charge in [-0.05, 0) is 44.6 Å². The molecule has 4 unspecified atom stereocenters. The number of hydrogen-bond donors (Lipinski definition) is 1. The molecule has 2 saturated heterocycles. The zero-order chi connectivity index (χ0) is 14.1. The number of nitrogens with zero attached hydrogens (tertiary/aromatic N) is 2. The lowest BCUT2D eigenvalue weighted by atomic mass is 9.79. The molecule has 2 N–H and O–H groups in total. The van der Waals surface area contributed by atoms with Crippen LogP contribution in [0.1, 0.15) is 45.4 Å². The first-order valence-electron chi connectivity index (χ1n) is 8.43. The van der Waals surface area contributed by atoms with Crippen LogP contribution in [-0.2, 0) is 4.79 Å². The van der Waals surface area contributed by atoms with Crippen LogP contribution in [0.5, 0.6) is 0 Å². The molecule has 0 radical (unpaired) electrons. The third-order valence-corrected chi connectivity index (χ3v) is 5.76. The highest BCUT2D eigenvalue weighted by Gasteiger charge is 2.36. The van der Waals surface area contributed by atoms with Crippen molar-refractivity contribution < 1.29 is 4.79 Å². The fraction of sp³-hybridized carbons (Fsp3) is 0.938. The van der Waals surface area contributed by atoms with E-state index in [1.165, 1.54) is 25.8 Å². The molecule has 0 aromatic carbocycles. The fourth-order valence-corrected chi connectivity index (χ4v) is 4.20. The van der Waals surface area contributed by atoms with Crippen molar-refractivity contribution in [1.82, 2.24) is 9.80 Å². The van der Waals surface area contributed by atoms with E-state index in [0.717, 1.165) is 38.9 Å². The summed E-state index contributed by atoms with van der Waals surface area (Å²) in [7, 11) is 0. The molecule has 0 spiro atoms. The summed E-state index contributed by atoms with van der Waals surface area (Å²) in [6, 6.07) is 0.839. The first kappa shape index (κ1) is 14.3. The van der Waals surface area contributed by atoms with E-state index >= 15 is 0 Å². The lowest BCUT2D eigenvalue weighted by Crippen LogP contribution is -2.57. The molecule has 4 nitrogen and oxygen atoms in total. The predicted molar refractivity (Wildman–Crippen MR) is 80.3 cm³/mol. The van der Waals surface area contributed by atoms with Crippen LogP contribution in [-0.4, -0.2) is 54.0 Å². The molecule has 4 atom stereocenters. The van der Waals surface area contributed by atoms with E-state index < -0.39 is 0 Å². The number of rotatable bonds is 1. The Hall–Kier alpha value is -0.610. The fourth-order valence-electron chi connectivity index (χ4n) is 4.20. The molecule has 0 aromatic heterocycles. The molecule has 2 heterocycles. The molecule has 2 aliphatic heterocycles. The Morgan fingerprint density at radius 2 is 1.95 bits per heavy atom. The standard InChI is InChI=1S/C16H29N3O/c1-12-5-6-13(10-15(12)17)16(20)19-9-8-18-7-3-2-4-14(18)11-19/h12-15H,2-11,17H2,1H3. The van der Waals surface area contributed by atoms with Gasteiger partial charge in [0, 0.05) is 37.6 Å². The van der Waals surface area contributed by atoms with Gasteiger partial charge in [-0.25, -0.2) is 0 Å². The van der Waals surface area contributed by atoms with Gasteiger partial charge in [-0.1, -0.05) is 13.3 Å². The van der Waals surface area contributed by atoms with Crippen LogP contribution in [0.25, 0.3) is 0 Å². The maximum Gasteiger partial charge on any atom is 0.225 e. The highest BCUT2D eigenvalue weighted by Crippen LogP contribution is 2.30. The molecule has 1 aliphatic carbocycles. The van der Waals surface area contributed by atoms with E-state index in [1.54, 1.807) is 0 Å². The van der Waals surface area contributed by atoms with Gasteiger partial charge in [0.2, 0.25) is 5.91 Å². The van der Waals surface area contributed by atoms with Crippen LogP contribution < -0.4 is 5.73 Å². The normalized spacial score (nSPS) is 39.4. The number of fused-ring (bicyclic) bond motifs is 1. The van der Waals surface area contributed by atoms with Crippen molar-refractivity contribution in [3.8, 4) is 0 Å². The van der Waals surface area contributed by atoms with Gasteiger partial charge >= 0.3 is 0 Å². The Balaban J connectivity index is 1.57. The lowest BCUT2D eigenvalue weighted by molar-refractivity contribution is -0.140. The maximum atomic E-state index is 12.7. The second-order valence-electron chi connectivity index (χ2n) is 7.12. The number of piperidine rings is 1. The number of hydrogen-bond acceptors (Lipinski definition) is 3. The summed E-state index contributed by atoms with van der Waals surface area (Å²) >= 11 is 0. The summed E-state index contributed by atoms with van der Waals surface area (Å²) in [5, 5.41) is 0. The van der Waals surface area contributed by atoms with Gasteiger partial charge in [0.05, 0.1) is 0 Å². The lowest BCUT2D eigenvalue weighted by Gasteiger charge is -2.45. The largest absolute Gasteiger partial charge is 0.340 e. The van der Waals surface area contributed by atoms with Crippen molar-refractivity contribution in [1.29, 1.82) is 0 Å². The van der Waals surface area contributed by atoms with Gasteiger partial charge < -0.3 is 10.6 Å². The minimum Gasteiger partial charge on any atom is -0.340 e. The van der Waals surface area contributed by atoms with Gasteiger partial charge in [-0.2, -0.15) is 0 Å². The third-order valence-electron chi connectivity index (χ3n) is 5.76. The Morgan fingerprint density at radius 1 is 1.10 bits per heavy atom. The molecule has 3 fully saturated rings. The van der Waals surface area contributed by atoms with Crippen molar-refractivity contribution in [2.75, 3.05) is 26.2 Å². The molecule has 20 heavy (non-hydrogen) atoms. The summed E-state index contributed by atoms with van der Waals surface area (Å²) in [5.41, 5.74) is 6.16. The maximum absolute atomic E-state index is 12.7. The SMILES string of the molecule is CC1CCC(C(=O)N2CCN3CCCCC3C2)CC1N. The van der Waals surface area contributed by atoms with E-state index in [1.807, 2.05) is 0 Å². The van der Waals surface area contributed by atoms with Gasteiger partial charge in [-0.3, -0.25) is 9.69 Å². The second kappa shape index (κ2) is 6.02. The van der Waals surface area contributed by atoms with E-state index in [-0.39, 0.29) is 12.0 Å². The first-order chi connectivity index (χ1) is 9.65. The van der Waals surface area contributed by atoms with Gasteiger partial charge in [0.25, 0.3) is 0 Å². The highest BCUT2D eigenvalue weighted by atomic mass is 16.2. The quantitative estimate of drug-likeness (QED) is 0.790. The summed E-state index contributed by atoms with van der Waals surface area (Å²) in [6.45, 7) is 6.41. The third kappa shape index (κ3) is 2.86. The van der Waals surface area contributed by atoms with Crippen molar-refractivity contribution in [3.05, 3.63) is 0 Å². The number of carbonyl (C=O) groups excluding carboxylic acids is 1. The summed E-state index contributed by atoms with van der Waals surface area (Å²) in [5.74, 6) is 1.16. The molecule has 4 heteroatoms. The topological polar surface area (TPSA) is 49.6 Å². The van der Waals surface area contributed by atoms with Crippen molar-refractivity contribution in [3.63, 3.8) is 0 Å². The van der Waals surface area contributed by atoms with E-state index in [0.29, 0.717) is 17.9 Å². The molecule has 3 rings (SSSR count). The minimum absolute atomic E-state index is 0.191. The van der Waals surface area contributed by atoms with Crippen molar-refractivity contribution in [2.24, 2.45) is 17.6 Å². The molecule has 114 valence electrons. The highest BCUT2D eigenvalue weighted by molar-refractivity contribution is 5.79. The van der Waals surface area contributed by atoms with Crippen LogP contribution in [0.15, 0.2) is 0 Å². The Bertz CT molecular complexity index is 360. The van der Waals surface area contributed by atoms with Crippen molar-refractivity contribution in [2.45, 2.75) is 57.5 Å². The molecule has 0 bridgehead atoms.